The van der Waals surface area contributed by atoms with Gasteiger partial charge in [-0.1, -0.05) is 28.1 Å². The van der Waals surface area contributed by atoms with Gasteiger partial charge in [-0.15, -0.1) is 10.2 Å². The third-order valence-corrected chi connectivity index (χ3v) is 3.26. The Labute approximate surface area is 108 Å². The number of halogens is 1. The predicted molar refractivity (Wildman–Crippen MR) is 68.7 cm³/mol. The van der Waals surface area contributed by atoms with Gasteiger partial charge in [0.15, 0.2) is 5.82 Å². The first kappa shape index (κ1) is 10.5. The minimum Gasteiger partial charge on any atom is -0.364 e. The molecule has 0 fully saturated rings. The van der Waals surface area contributed by atoms with Crippen LogP contribution in [0.25, 0.3) is 6.20 Å². The van der Waals surface area contributed by atoms with Crippen molar-refractivity contribution in [1.82, 2.24) is 19.7 Å². The van der Waals surface area contributed by atoms with Gasteiger partial charge in [-0.25, -0.2) is 0 Å². The Hall–Kier alpha value is -1.62. The molecule has 0 radical (unpaired) electrons. The van der Waals surface area contributed by atoms with Gasteiger partial charge in [0.05, 0.1) is 6.54 Å². The summed E-state index contributed by atoms with van der Waals surface area (Å²) in [5.74, 6) is 0.976. The molecule has 1 aliphatic heterocycles. The van der Waals surface area contributed by atoms with E-state index in [9.17, 15) is 0 Å². The molecular formula is C12H11BrN4. The third kappa shape index (κ3) is 2.24. The van der Waals surface area contributed by atoms with Crippen LogP contribution in [-0.2, 0) is 13.1 Å². The highest BCUT2D eigenvalue weighted by atomic mass is 79.9. The van der Waals surface area contributed by atoms with E-state index < -0.39 is 0 Å². The highest BCUT2D eigenvalue weighted by Gasteiger charge is 2.11. The molecule has 86 valence electrons. The first-order valence-corrected chi connectivity index (χ1v) is 6.16. The lowest BCUT2D eigenvalue weighted by Crippen LogP contribution is -2.21. The Bertz CT molecular complexity index is 544. The highest BCUT2D eigenvalue weighted by molar-refractivity contribution is 9.10. The second kappa shape index (κ2) is 4.33. The van der Waals surface area contributed by atoms with Gasteiger partial charge < -0.3 is 4.90 Å². The largest absolute Gasteiger partial charge is 0.364 e. The monoisotopic (exact) mass is 290 g/mol. The summed E-state index contributed by atoms with van der Waals surface area (Å²) < 4.78 is 3.05. The van der Waals surface area contributed by atoms with Crippen LogP contribution in [0.5, 0.6) is 0 Å². The van der Waals surface area contributed by atoms with E-state index in [-0.39, 0.29) is 0 Å². The fourth-order valence-electron chi connectivity index (χ4n) is 1.84. The summed E-state index contributed by atoms with van der Waals surface area (Å²) in [7, 11) is 0. The van der Waals surface area contributed by atoms with Crippen LogP contribution in [0.15, 0.2) is 41.3 Å². The molecule has 4 nitrogen and oxygen atoms in total. The van der Waals surface area contributed by atoms with Crippen molar-refractivity contribution in [3.05, 3.63) is 52.7 Å². The van der Waals surface area contributed by atoms with Crippen LogP contribution in [0.3, 0.4) is 0 Å². The first-order valence-electron chi connectivity index (χ1n) is 5.36. The van der Waals surface area contributed by atoms with Gasteiger partial charge in [0.25, 0.3) is 0 Å². The number of hydrogen-bond acceptors (Lipinski definition) is 3. The van der Waals surface area contributed by atoms with Gasteiger partial charge >= 0.3 is 0 Å². The summed E-state index contributed by atoms with van der Waals surface area (Å²) in [5, 5.41) is 7.96. The Morgan fingerprint density at radius 1 is 1.18 bits per heavy atom. The molecular weight excluding hydrogens is 280 g/mol. The van der Waals surface area contributed by atoms with E-state index >= 15 is 0 Å². The number of hydrogen-bond donors (Lipinski definition) is 0. The predicted octanol–water partition coefficient (Wildman–Crippen LogP) is 2.48. The maximum absolute atomic E-state index is 4.08. The van der Waals surface area contributed by atoms with Gasteiger partial charge in [0.2, 0.25) is 0 Å². The fraction of sp³-hybridized carbons (Fsp3) is 0.167. The second-order valence-electron chi connectivity index (χ2n) is 3.98. The zero-order valence-electron chi connectivity index (χ0n) is 9.12. The molecule has 0 unspecified atom stereocenters. The SMILES string of the molecule is Brc1ccc(CN2C=Cn3cnnc3C2)cc1. The van der Waals surface area contributed by atoms with Crippen molar-refractivity contribution in [1.29, 1.82) is 0 Å². The minimum absolute atomic E-state index is 0.798. The number of aromatic nitrogens is 3. The van der Waals surface area contributed by atoms with E-state index in [1.807, 2.05) is 10.8 Å². The molecule has 0 saturated heterocycles. The fourth-order valence-corrected chi connectivity index (χ4v) is 2.10. The smallest absolute Gasteiger partial charge is 0.156 e. The Morgan fingerprint density at radius 2 is 2.00 bits per heavy atom. The molecule has 1 aromatic carbocycles. The zero-order valence-corrected chi connectivity index (χ0v) is 10.7. The summed E-state index contributed by atoms with van der Waals surface area (Å²) in [6.45, 7) is 1.68. The summed E-state index contributed by atoms with van der Waals surface area (Å²) in [6, 6.07) is 8.37. The van der Waals surface area contributed by atoms with Crippen molar-refractivity contribution in [2.24, 2.45) is 0 Å². The standard InChI is InChI=1S/C12H11BrN4/c13-11-3-1-10(2-4-11)7-16-5-6-17-9-14-15-12(17)8-16/h1-6,9H,7-8H2. The summed E-state index contributed by atoms with van der Waals surface area (Å²) in [6.07, 6.45) is 5.78. The quantitative estimate of drug-likeness (QED) is 0.852. The van der Waals surface area contributed by atoms with Crippen molar-refractivity contribution >= 4 is 22.1 Å². The van der Waals surface area contributed by atoms with Crippen LogP contribution in [-0.4, -0.2) is 19.7 Å². The number of nitrogens with zero attached hydrogens (tertiary/aromatic N) is 4. The molecule has 5 heteroatoms. The second-order valence-corrected chi connectivity index (χ2v) is 4.90. The molecule has 0 N–H and O–H groups in total. The van der Waals surface area contributed by atoms with Crippen LogP contribution < -0.4 is 0 Å². The van der Waals surface area contributed by atoms with E-state index in [2.05, 4.69) is 61.5 Å². The van der Waals surface area contributed by atoms with Crippen molar-refractivity contribution in [2.45, 2.75) is 13.1 Å². The average molecular weight is 291 g/mol. The maximum Gasteiger partial charge on any atom is 0.156 e. The van der Waals surface area contributed by atoms with Gasteiger partial charge in [-0.3, -0.25) is 4.57 Å². The highest BCUT2D eigenvalue weighted by Crippen LogP contribution is 2.16. The maximum atomic E-state index is 4.08. The topological polar surface area (TPSA) is 34.0 Å². The molecule has 0 aliphatic carbocycles. The number of benzene rings is 1. The van der Waals surface area contributed by atoms with E-state index in [1.54, 1.807) is 6.33 Å². The van der Waals surface area contributed by atoms with Gasteiger partial charge in [0.1, 0.15) is 6.33 Å². The molecule has 1 aromatic heterocycles. The molecule has 0 bridgehead atoms. The van der Waals surface area contributed by atoms with Gasteiger partial charge in [-0.05, 0) is 17.7 Å². The summed E-state index contributed by atoms with van der Waals surface area (Å²) in [5.41, 5.74) is 1.28. The number of rotatable bonds is 2. The molecule has 17 heavy (non-hydrogen) atoms. The van der Waals surface area contributed by atoms with Crippen LogP contribution >= 0.6 is 15.9 Å². The van der Waals surface area contributed by atoms with Crippen molar-refractivity contribution in [3.8, 4) is 0 Å². The molecule has 0 saturated carbocycles. The first-order chi connectivity index (χ1) is 8.31. The lowest BCUT2D eigenvalue weighted by molar-refractivity contribution is 0.342. The van der Waals surface area contributed by atoms with Crippen molar-refractivity contribution < 1.29 is 0 Å². The average Bonchev–Trinajstić information content (AvgIpc) is 2.79. The lowest BCUT2D eigenvalue weighted by Gasteiger charge is -2.23. The number of fused-ring (bicyclic) bond motifs is 1. The normalized spacial score (nSPS) is 13.8. The molecule has 2 heterocycles. The van der Waals surface area contributed by atoms with E-state index in [0.29, 0.717) is 0 Å². The molecule has 0 atom stereocenters. The molecule has 0 spiro atoms. The van der Waals surface area contributed by atoms with Crippen LogP contribution in [0.1, 0.15) is 11.4 Å². The summed E-state index contributed by atoms with van der Waals surface area (Å²) in [4.78, 5) is 2.22. The lowest BCUT2D eigenvalue weighted by atomic mass is 10.2. The van der Waals surface area contributed by atoms with E-state index in [4.69, 9.17) is 0 Å². The molecule has 3 rings (SSSR count). The van der Waals surface area contributed by atoms with E-state index in [0.717, 1.165) is 23.4 Å². The van der Waals surface area contributed by atoms with Crippen LogP contribution in [0.4, 0.5) is 0 Å². The zero-order chi connectivity index (χ0) is 11.7. The van der Waals surface area contributed by atoms with Gasteiger partial charge in [-0.2, -0.15) is 0 Å². The molecule has 0 amide bonds. The minimum atomic E-state index is 0.798. The third-order valence-electron chi connectivity index (χ3n) is 2.73. The van der Waals surface area contributed by atoms with E-state index in [1.165, 1.54) is 5.56 Å². The molecule has 1 aliphatic rings. The van der Waals surface area contributed by atoms with Gasteiger partial charge in [0, 0.05) is 23.4 Å². The van der Waals surface area contributed by atoms with Crippen molar-refractivity contribution in [3.63, 3.8) is 0 Å². The Morgan fingerprint density at radius 3 is 2.82 bits per heavy atom. The Balaban J connectivity index is 1.73. The van der Waals surface area contributed by atoms with Crippen LogP contribution in [0, 0.1) is 0 Å². The Kier molecular flexibility index (Phi) is 2.68. The van der Waals surface area contributed by atoms with Crippen LogP contribution in [0.2, 0.25) is 0 Å². The van der Waals surface area contributed by atoms with Crippen molar-refractivity contribution in [2.75, 3.05) is 0 Å². The molecule has 2 aromatic rings. The summed E-state index contributed by atoms with van der Waals surface area (Å²) >= 11 is 3.44.